The van der Waals surface area contributed by atoms with Crippen molar-refractivity contribution in [1.29, 1.82) is 0 Å². The van der Waals surface area contributed by atoms with E-state index < -0.39 is 16.0 Å². The van der Waals surface area contributed by atoms with Gasteiger partial charge in [-0.25, -0.2) is 17.2 Å². The summed E-state index contributed by atoms with van der Waals surface area (Å²) in [6, 6.07) is 1.34. The van der Waals surface area contributed by atoms with Crippen molar-refractivity contribution in [3.05, 3.63) is 18.0 Å². The maximum atomic E-state index is 11.4. The molecule has 1 rings (SSSR count). The maximum Gasteiger partial charge on any atom is 0.358 e. The van der Waals surface area contributed by atoms with Crippen LogP contribution >= 0.6 is 0 Å². The summed E-state index contributed by atoms with van der Waals surface area (Å²) < 4.78 is 28.1. The van der Waals surface area contributed by atoms with E-state index in [9.17, 15) is 13.2 Å². The first-order chi connectivity index (χ1) is 6.88. The standard InChI is InChI=1S/C8H12N2O4S/c1-3-14-8(11)7-6(9)4-5-10(7)15(2,12)13/h4-5H,3,9H2,1-2H3. The summed E-state index contributed by atoms with van der Waals surface area (Å²) in [5.41, 5.74) is 5.41. The molecule has 0 saturated heterocycles. The number of nitrogens with zero attached hydrogens (tertiary/aromatic N) is 1. The number of rotatable bonds is 3. The van der Waals surface area contributed by atoms with Crippen LogP contribution in [0.2, 0.25) is 0 Å². The minimum absolute atomic E-state index is 0.0823. The molecule has 0 unspecified atom stereocenters. The topological polar surface area (TPSA) is 91.4 Å². The molecule has 0 aliphatic heterocycles. The van der Waals surface area contributed by atoms with Gasteiger partial charge in [0, 0.05) is 6.20 Å². The first-order valence-corrected chi connectivity index (χ1v) is 6.07. The normalized spacial score (nSPS) is 11.3. The van der Waals surface area contributed by atoms with E-state index in [1.807, 2.05) is 0 Å². The third-order valence-electron chi connectivity index (χ3n) is 1.71. The summed E-state index contributed by atoms with van der Waals surface area (Å²) in [6.07, 6.45) is 2.20. The predicted octanol–water partition coefficient (Wildman–Crippen LogP) is 0.0547. The molecule has 0 saturated carbocycles. The molecule has 0 fully saturated rings. The van der Waals surface area contributed by atoms with Crippen molar-refractivity contribution in [3.8, 4) is 0 Å². The van der Waals surface area contributed by atoms with Gasteiger partial charge in [-0.05, 0) is 13.0 Å². The second kappa shape index (κ2) is 3.93. The fourth-order valence-corrected chi connectivity index (χ4v) is 1.91. The van der Waals surface area contributed by atoms with Crippen LogP contribution in [-0.2, 0) is 14.8 Å². The van der Waals surface area contributed by atoms with Crippen LogP contribution in [0.4, 0.5) is 5.69 Å². The molecule has 0 radical (unpaired) electrons. The summed E-state index contributed by atoms with van der Waals surface area (Å²) in [5.74, 6) is -0.745. The van der Waals surface area contributed by atoms with Gasteiger partial charge in [0.1, 0.15) is 0 Å². The van der Waals surface area contributed by atoms with Gasteiger partial charge in [-0.3, -0.25) is 0 Å². The predicted molar refractivity (Wildman–Crippen MR) is 55.0 cm³/mol. The maximum absolute atomic E-state index is 11.4. The Bertz CT molecular complexity index is 475. The molecule has 0 atom stereocenters. The van der Waals surface area contributed by atoms with Gasteiger partial charge in [0.05, 0.1) is 18.6 Å². The fraction of sp³-hybridized carbons (Fsp3) is 0.375. The Hall–Kier alpha value is -1.50. The summed E-state index contributed by atoms with van der Waals surface area (Å²) in [6.45, 7) is 1.79. The van der Waals surface area contributed by atoms with E-state index in [0.717, 1.165) is 10.2 Å². The van der Waals surface area contributed by atoms with E-state index in [4.69, 9.17) is 10.5 Å². The highest BCUT2D eigenvalue weighted by atomic mass is 32.2. The van der Waals surface area contributed by atoms with Crippen LogP contribution in [0, 0.1) is 0 Å². The molecule has 1 aromatic heterocycles. The van der Waals surface area contributed by atoms with Gasteiger partial charge >= 0.3 is 5.97 Å². The molecular formula is C8H12N2O4S. The van der Waals surface area contributed by atoms with Crippen LogP contribution in [0.3, 0.4) is 0 Å². The van der Waals surface area contributed by atoms with E-state index in [2.05, 4.69) is 0 Å². The Morgan fingerprint density at radius 3 is 2.67 bits per heavy atom. The number of nitrogen functional groups attached to an aromatic ring is 1. The van der Waals surface area contributed by atoms with E-state index >= 15 is 0 Å². The van der Waals surface area contributed by atoms with Gasteiger partial charge < -0.3 is 10.5 Å². The first kappa shape index (κ1) is 11.6. The molecule has 0 aromatic carbocycles. The molecule has 1 aromatic rings. The average molecular weight is 232 g/mol. The van der Waals surface area contributed by atoms with Crippen molar-refractivity contribution in [2.24, 2.45) is 0 Å². The largest absolute Gasteiger partial charge is 0.461 e. The Balaban J connectivity index is 3.28. The van der Waals surface area contributed by atoms with E-state index in [1.54, 1.807) is 6.92 Å². The highest BCUT2D eigenvalue weighted by Gasteiger charge is 2.21. The summed E-state index contributed by atoms with van der Waals surface area (Å²) in [4.78, 5) is 11.4. The first-order valence-electron chi connectivity index (χ1n) is 4.22. The zero-order valence-electron chi connectivity index (χ0n) is 8.43. The Labute approximate surface area is 87.7 Å². The van der Waals surface area contributed by atoms with Crippen molar-refractivity contribution in [2.75, 3.05) is 18.6 Å². The van der Waals surface area contributed by atoms with E-state index in [1.165, 1.54) is 12.3 Å². The van der Waals surface area contributed by atoms with Gasteiger partial charge in [0.25, 0.3) is 0 Å². The molecule has 2 N–H and O–H groups in total. The number of carbonyl (C=O) groups excluding carboxylic acids is 1. The van der Waals surface area contributed by atoms with E-state index in [0.29, 0.717) is 0 Å². The lowest BCUT2D eigenvalue weighted by atomic mass is 10.4. The summed E-state index contributed by atoms with van der Waals surface area (Å²) >= 11 is 0. The smallest absolute Gasteiger partial charge is 0.358 e. The molecule has 15 heavy (non-hydrogen) atoms. The van der Waals surface area contributed by atoms with E-state index in [-0.39, 0.29) is 18.0 Å². The summed E-state index contributed by atoms with van der Waals surface area (Å²) in [7, 11) is -3.54. The SMILES string of the molecule is CCOC(=O)c1c(N)ccn1S(C)(=O)=O. The second-order valence-electron chi connectivity index (χ2n) is 2.90. The number of hydrogen-bond acceptors (Lipinski definition) is 5. The lowest BCUT2D eigenvalue weighted by molar-refractivity contribution is 0.0519. The molecule has 0 aliphatic rings. The Kier molecular flexibility index (Phi) is 3.04. The van der Waals surface area contributed by atoms with Crippen LogP contribution in [0.15, 0.2) is 12.3 Å². The molecule has 0 bridgehead atoms. The Morgan fingerprint density at radius 1 is 1.60 bits per heavy atom. The van der Waals surface area contributed by atoms with Gasteiger partial charge in [-0.2, -0.15) is 0 Å². The summed E-state index contributed by atoms with van der Waals surface area (Å²) in [5, 5.41) is 0. The van der Waals surface area contributed by atoms with Crippen LogP contribution < -0.4 is 5.73 Å². The molecule has 0 amide bonds. The lowest BCUT2D eigenvalue weighted by Crippen LogP contribution is -2.18. The number of esters is 1. The number of ether oxygens (including phenoxy) is 1. The highest BCUT2D eigenvalue weighted by molar-refractivity contribution is 7.89. The zero-order valence-corrected chi connectivity index (χ0v) is 9.24. The zero-order chi connectivity index (χ0) is 11.6. The van der Waals surface area contributed by atoms with Crippen molar-refractivity contribution in [3.63, 3.8) is 0 Å². The molecule has 7 heteroatoms. The fourth-order valence-electron chi connectivity index (χ4n) is 1.11. The van der Waals surface area contributed by atoms with Gasteiger partial charge in [0.2, 0.25) is 10.0 Å². The van der Waals surface area contributed by atoms with Gasteiger partial charge in [0.15, 0.2) is 5.69 Å². The number of hydrogen-bond donors (Lipinski definition) is 1. The number of nitrogens with two attached hydrogens (primary N) is 1. The van der Waals surface area contributed by atoms with Crippen molar-refractivity contribution in [2.45, 2.75) is 6.92 Å². The monoisotopic (exact) mass is 232 g/mol. The Morgan fingerprint density at radius 2 is 2.20 bits per heavy atom. The number of carbonyl (C=O) groups is 1. The number of anilines is 1. The van der Waals surface area contributed by atoms with Crippen LogP contribution in [-0.4, -0.2) is 31.2 Å². The molecule has 84 valence electrons. The van der Waals surface area contributed by atoms with Crippen LogP contribution in [0.5, 0.6) is 0 Å². The van der Waals surface area contributed by atoms with Crippen molar-refractivity contribution >= 4 is 21.7 Å². The third kappa shape index (κ3) is 2.30. The van der Waals surface area contributed by atoms with Crippen molar-refractivity contribution < 1.29 is 17.9 Å². The van der Waals surface area contributed by atoms with Crippen LogP contribution in [0.1, 0.15) is 17.4 Å². The molecule has 0 aliphatic carbocycles. The lowest BCUT2D eigenvalue weighted by Gasteiger charge is -2.06. The second-order valence-corrected chi connectivity index (χ2v) is 4.76. The van der Waals surface area contributed by atoms with Crippen molar-refractivity contribution in [1.82, 2.24) is 3.97 Å². The minimum atomic E-state index is -3.54. The van der Waals surface area contributed by atoms with Gasteiger partial charge in [-0.15, -0.1) is 0 Å². The minimum Gasteiger partial charge on any atom is -0.461 e. The molecule has 0 spiro atoms. The third-order valence-corrected chi connectivity index (χ3v) is 2.73. The van der Waals surface area contributed by atoms with Crippen LogP contribution in [0.25, 0.3) is 0 Å². The quantitative estimate of drug-likeness (QED) is 0.744. The molecule has 6 nitrogen and oxygen atoms in total. The highest BCUT2D eigenvalue weighted by Crippen LogP contribution is 2.16. The number of aromatic nitrogens is 1. The molecular weight excluding hydrogens is 220 g/mol. The van der Waals surface area contributed by atoms with Gasteiger partial charge in [-0.1, -0.05) is 0 Å². The molecule has 1 heterocycles. The average Bonchev–Trinajstić information content (AvgIpc) is 2.46.